The summed E-state index contributed by atoms with van der Waals surface area (Å²) in [5.74, 6) is 0. The molecule has 6 aromatic carbocycles. The molecule has 3 aromatic heterocycles. The maximum absolute atomic E-state index is 10.3. The highest BCUT2D eigenvalue weighted by Gasteiger charge is 2.20. The van der Waals surface area contributed by atoms with Crippen molar-refractivity contribution in [1.82, 2.24) is 9.13 Å². The summed E-state index contributed by atoms with van der Waals surface area (Å²) < 4.78 is 7.42. The zero-order valence-electron chi connectivity index (χ0n) is 25.4. The summed E-state index contributed by atoms with van der Waals surface area (Å²) in [7, 11) is 0. The number of hydrogen-bond donors (Lipinski definition) is 0. The third kappa shape index (κ3) is 3.91. The summed E-state index contributed by atoms with van der Waals surface area (Å²) in [6.07, 6.45) is 7.79. The smallest absolute Gasteiger partial charge is 0.0992 e. The lowest BCUT2D eigenvalue weighted by atomic mass is 9.94. The van der Waals surface area contributed by atoms with E-state index in [-0.39, 0.29) is 6.04 Å². The van der Waals surface area contributed by atoms with Gasteiger partial charge in [0.15, 0.2) is 0 Å². The molecule has 4 heteroatoms. The van der Waals surface area contributed by atoms with Crippen molar-refractivity contribution in [3.05, 3.63) is 157 Å². The van der Waals surface area contributed by atoms with Gasteiger partial charge in [-0.15, -0.1) is 11.3 Å². The van der Waals surface area contributed by atoms with E-state index in [0.29, 0.717) is 5.56 Å². The number of aromatic nitrogens is 2. The quantitative estimate of drug-likeness (QED) is 0.194. The van der Waals surface area contributed by atoms with Crippen molar-refractivity contribution in [3.63, 3.8) is 0 Å². The van der Waals surface area contributed by atoms with Crippen LogP contribution >= 0.6 is 11.3 Å². The van der Waals surface area contributed by atoms with Crippen molar-refractivity contribution in [2.45, 2.75) is 12.5 Å². The Morgan fingerprint density at radius 3 is 2.00 bits per heavy atom. The largest absolute Gasteiger partial charge is 0.333 e. The topological polar surface area (TPSA) is 33.6 Å². The van der Waals surface area contributed by atoms with E-state index in [9.17, 15) is 5.26 Å². The van der Waals surface area contributed by atoms with E-state index in [4.69, 9.17) is 0 Å². The second-order valence-electron chi connectivity index (χ2n) is 12.4. The number of para-hydroxylation sites is 3. The van der Waals surface area contributed by atoms with Gasteiger partial charge in [0.25, 0.3) is 0 Å². The van der Waals surface area contributed by atoms with Crippen molar-refractivity contribution in [2.24, 2.45) is 0 Å². The molecule has 3 nitrogen and oxygen atoms in total. The minimum absolute atomic E-state index is 0.155. The minimum Gasteiger partial charge on any atom is -0.333 e. The van der Waals surface area contributed by atoms with Crippen molar-refractivity contribution < 1.29 is 0 Å². The molecule has 0 bridgehead atoms. The van der Waals surface area contributed by atoms with Gasteiger partial charge in [0.1, 0.15) is 0 Å². The van der Waals surface area contributed by atoms with Crippen molar-refractivity contribution in [1.29, 1.82) is 5.26 Å². The fourth-order valence-electron chi connectivity index (χ4n) is 7.78. The highest BCUT2D eigenvalue weighted by Crippen LogP contribution is 2.42. The Hall–Kier alpha value is -5.89. The molecule has 0 N–H and O–H groups in total. The fourth-order valence-corrected chi connectivity index (χ4v) is 8.91. The van der Waals surface area contributed by atoms with Crippen LogP contribution in [-0.4, -0.2) is 9.13 Å². The van der Waals surface area contributed by atoms with Crippen LogP contribution in [0.1, 0.15) is 23.6 Å². The molecule has 9 aromatic rings. The SMILES string of the molecule is N#Cc1cc(C2=CC(n3c4ccccc4c4ccccc43)CC=C2)cc(-n2c3ccccc3c3cc4sc5ccccc5c4cc32)c1. The van der Waals surface area contributed by atoms with Crippen LogP contribution in [-0.2, 0) is 0 Å². The molecule has 0 fully saturated rings. The average molecular weight is 618 g/mol. The van der Waals surface area contributed by atoms with Crippen LogP contribution in [0.3, 0.4) is 0 Å². The van der Waals surface area contributed by atoms with Crippen LogP contribution in [0.15, 0.2) is 146 Å². The van der Waals surface area contributed by atoms with Crippen molar-refractivity contribution >= 4 is 80.7 Å². The summed E-state index contributed by atoms with van der Waals surface area (Å²) in [6.45, 7) is 0. The average Bonchev–Trinajstić information content (AvgIpc) is 3.78. The monoisotopic (exact) mass is 617 g/mol. The lowest BCUT2D eigenvalue weighted by Gasteiger charge is -2.22. The third-order valence-corrected chi connectivity index (χ3v) is 10.9. The Balaban J connectivity index is 1.19. The second kappa shape index (κ2) is 10.1. The molecule has 220 valence electrons. The minimum atomic E-state index is 0.155. The van der Waals surface area contributed by atoms with E-state index in [1.54, 1.807) is 0 Å². The predicted octanol–water partition coefficient (Wildman–Crippen LogP) is 11.7. The maximum atomic E-state index is 10.3. The molecule has 0 aliphatic heterocycles. The number of thiophene rings is 1. The van der Waals surface area contributed by atoms with Crippen molar-refractivity contribution in [2.75, 3.05) is 0 Å². The number of benzene rings is 6. The first kappa shape index (κ1) is 26.3. The molecule has 0 radical (unpaired) electrons. The van der Waals surface area contributed by atoms with E-state index < -0.39 is 0 Å². The van der Waals surface area contributed by atoms with Crippen molar-refractivity contribution in [3.8, 4) is 11.8 Å². The number of nitriles is 1. The summed E-state index contributed by atoms with van der Waals surface area (Å²) in [4.78, 5) is 0. The Morgan fingerprint density at radius 2 is 1.26 bits per heavy atom. The van der Waals surface area contributed by atoms with Gasteiger partial charge in [-0.2, -0.15) is 5.26 Å². The van der Waals surface area contributed by atoms with Gasteiger partial charge >= 0.3 is 0 Å². The molecule has 1 aliphatic carbocycles. The lowest BCUT2D eigenvalue weighted by Crippen LogP contribution is -2.08. The molecule has 10 rings (SSSR count). The van der Waals surface area contributed by atoms with Crippen LogP contribution in [0.2, 0.25) is 0 Å². The highest BCUT2D eigenvalue weighted by atomic mass is 32.1. The van der Waals surface area contributed by atoms with Gasteiger partial charge < -0.3 is 9.13 Å². The first-order chi connectivity index (χ1) is 23.2. The maximum Gasteiger partial charge on any atom is 0.0992 e. The van der Waals surface area contributed by atoms with Crippen LogP contribution < -0.4 is 0 Å². The van der Waals surface area contributed by atoms with Gasteiger partial charge in [0.2, 0.25) is 0 Å². The number of hydrogen-bond acceptors (Lipinski definition) is 2. The molecule has 0 amide bonds. The molecule has 0 saturated heterocycles. The zero-order valence-corrected chi connectivity index (χ0v) is 26.2. The molecule has 1 atom stereocenters. The molecule has 47 heavy (non-hydrogen) atoms. The predicted molar refractivity (Wildman–Crippen MR) is 199 cm³/mol. The van der Waals surface area contributed by atoms with E-state index >= 15 is 0 Å². The normalized spacial score (nSPS) is 15.0. The molecular formula is C43H27N3S. The van der Waals surface area contributed by atoms with Gasteiger partial charge in [-0.25, -0.2) is 0 Å². The van der Waals surface area contributed by atoms with Crippen LogP contribution in [0.25, 0.3) is 75.0 Å². The van der Waals surface area contributed by atoms with E-state index in [0.717, 1.165) is 34.3 Å². The number of rotatable bonds is 3. The van der Waals surface area contributed by atoms with Gasteiger partial charge in [-0.3, -0.25) is 0 Å². The summed E-state index contributed by atoms with van der Waals surface area (Å²) in [6, 6.07) is 48.3. The Morgan fingerprint density at radius 1 is 0.596 bits per heavy atom. The lowest BCUT2D eigenvalue weighted by molar-refractivity contribution is 0.650. The highest BCUT2D eigenvalue weighted by molar-refractivity contribution is 7.25. The van der Waals surface area contributed by atoms with E-state index in [1.165, 1.54) is 52.8 Å². The Bertz CT molecular complexity index is 2800. The second-order valence-corrected chi connectivity index (χ2v) is 13.5. The standard InChI is InChI=1S/C43H27N3S/c44-26-27-20-29(28-10-9-11-30(22-28)45-38-16-5-1-12-32(38)33-13-2-6-17-39(33)45)23-31(21-27)46-40-18-7-3-14-34(40)36-25-43-37(24-41(36)46)35-15-4-8-19-42(35)47-43/h1-10,12-25,30H,11H2. The number of allylic oxidation sites excluding steroid dienone is 4. The first-order valence-corrected chi connectivity index (χ1v) is 16.8. The van der Waals surface area contributed by atoms with Gasteiger partial charge in [-0.05, 0) is 72.2 Å². The van der Waals surface area contributed by atoms with Gasteiger partial charge in [0, 0.05) is 58.4 Å². The van der Waals surface area contributed by atoms with Crippen LogP contribution in [0.5, 0.6) is 0 Å². The fraction of sp³-hybridized carbons (Fsp3) is 0.0465. The molecule has 1 aliphatic rings. The Kier molecular flexibility index (Phi) is 5.64. The molecule has 1 unspecified atom stereocenters. The molecule has 3 heterocycles. The molecular weight excluding hydrogens is 591 g/mol. The Labute approximate surface area is 275 Å². The molecule has 0 spiro atoms. The number of nitrogens with zero attached hydrogens (tertiary/aromatic N) is 3. The molecule has 0 saturated carbocycles. The third-order valence-electron chi connectivity index (χ3n) is 9.81. The van der Waals surface area contributed by atoms with Crippen LogP contribution in [0.4, 0.5) is 0 Å². The summed E-state index contributed by atoms with van der Waals surface area (Å²) in [5.41, 5.74) is 8.61. The van der Waals surface area contributed by atoms with E-state index in [1.807, 2.05) is 23.5 Å². The van der Waals surface area contributed by atoms with Gasteiger partial charge in [0.05, 0.1) is 28.7 Å². The van der Waals surface area contributed by atoms with Gasteiger partial charge in [-0.1, -0.05) is 91.0 Å². The number of fused-ring (bicyclic) bond motifs is 9. The van der Waals surface area contributed by atoms with E-state index in [2.05, 4.69) is 149 Å². The van der Waals surface area contributed by atoms with Crippen LogP contribution in [0, 0.1) is 11.3 Å². The first-order valence-electron chi connectivity index (χ1n) is 16.0. The zero-order chi connectivity index (χ0) is 31.1. The summed E-state index contributed by atoms with van der Waals surface area (Å²) in [5, 5.41) is 17.8. The summed E-state index contributed by atoms with van der Waals surface area (Å²) >= 11 is 1.85.